The standard InChI is InChI=1S/C20H23N5O2/c1-26-19-11-16-8-10-24(13-17(16)12-20(19)27-2)9-7-15-3-5-18(6-4-15)25-22-14-21-23-25/h3-6,11-12,14H,7-10,13H2,1-2H3. The molecule has 3 aromatic rings. The predicted molar refractivity (Wildman–Crippen MR) is 101 cm³/mol. The fourth-order valence-electron chi connectivity index (χ4n) is 3.50. The molecule has 0 atom stereocenters. The van der Waals surface area contributed by atoms with Gasteiger partial charge >= 0.3 is 0 Å². The number of hydrogen-bond acceptors (Lipinski definition) is 6. The second-order valence-electron chi connectivity index (χ2n) is 6.64. The SMILES string of the molecule is COc1cc2c(cc1OC)CN(CCc1ccc(-n3ncnn3)cc1)CC2. The van der Waals surface area contributed by atoms with Gasteiger partial charge in [-0.15, -0.1) is 15.0 Å². The van der Waals surface area contributed by atoms with Crippen LogP contribution in [0.15, 0.2) is 42.7 Å². The number of tetrazole rings is 1. The first-order chi connectivity index (χ1) is 13.3. The van der Waals surface area contributed by atoms with Crippen molar-refractivity contribution in [2.24, 2.45) is 0 Å². The van der Waals surface area contributed by atoms with E-state index in [-0.39, 0.29) is 0 Å². The molecular weight excluding hydrogens is 342 g/mol. The maximum atomic E-state index is 5.45. The zero-order valence-electron chi connectivity index (χ0n) is 15.6. The van der Waals surface area contributed by atoms with E-state index < -0.39 is 0 Å². The van der Waals surface area contributed by atoms with E-state index in [1.165, 1.54) is 27.8 Å². The number of aromatic nitrogens is 4. The number of nitrogens with zero attached hydrogens (tertiary/aromatic N) is 5. The van der Waals surface area contributed by atoms with Crippen LogP contribution < -0.4 is 9.47 Å². The highest BCUT2D eigenvalue weighted by atomic mass is 16.5. The van der Waals surface area contributed by atoms with Gasteiger partial charge in [-0.25, -0.2) is 0 Å². The first-order valence-electron chi connectivity index (χ1n) is 9.05. The lowest BCUT2D eigenvalue weighted by Gasteiger charge is -2.29. The van der Waals surface area contributed by atoms with E-state index in [9.17, 15) is 0 Å². The maximum Gasteiger partial charge on any atom is 0.162 e. The number of methoxy groups -OCH3 is 2. The van der Waals surface area contributed by atoms with E-state index in [1.807, 2.05) is 12.1 Å². The summed E-state index contributed by atoms with van der Waals surface area (Å²) >= 11 is 0. The lowest BCUT2D eigenvalue weighted by atomic mass is 9.98. The molecule has 0 amide bonds. The molecule has 0 fully saturated rings. The maximum absolute atomic E-state index is 5.45. The van der Waals surface area contributed by atoms with Crippen LogP contribution >= 0.6 is 0 Å². The van der Waals surface area contributed by atoms with Crippen LogP contribution in [0.25, 0.3) is 5.69 Å². The van der Waals surface area contributed by atoms with Crippen LogP contribution in [0, 0.1) is 0 Å². The first kappa shape index (κ1) is 17.5. The van der Waals surface area contributed by atoms with E-state index >= 15 is 0 Å². The highest BCUT2D eigenvalue weighted by Gasteiger charge is 2.19. The average Bonchev–Trinajstić information content (AvgIpc) is 3.26. The fourth-order valence-corrected chi connectivity index (χ4v) is 3.50. The van der Waals surface area contributed by atoms with Crippen molar-refractivity contribution in [1.29, 1.82) is 0 Å². The zero-order chi connectivity index (χ0) is 18.6. The van der Waals surface area contributed by atoms with Crippen molar-refractivity contribution in [3.05, 3.63) is 59.4 Å². The molecule has 0 saturated carbocycles. The molecule has 7 heteroatoms. The van der Waals surface area contributed by atoms with E-state index in [0.29, 0.717) is 0 Å². The number of rotatable bonds is 6. The molecule has 1 aliphatic rings. The third kappa shape index (κ3) is 3.78. The van der Waals surface area contributed by atoms with Crippen LogP contribution in [0.2, 0.25) is 0 Å². The molecule has 2 heterocycles. The summed E-state index contributed by atoms with van der Waals surface area (Å²) in [4.78, 5) is 4.01. The van der Waals surface area contributed by atoms with Crippen molar-refractivity contribution < 1.29 is 9.47 Å². The molecule has 140 valence electrons. The summed E-state index contributed by atoms with van der Waals surface area (Å²) in [6.45, 7) is 3.02. The molecule has 0 spiro atoms. The summed E-state index contributed by atoms with van der Waals surface area (Å²) < 4.78 is 10.9. The number of ether oxygens (including phenoxy) is 2. The van der Waals surface area contributed by atoms with Crippen molar-refractivity contribution in [3.8, 4) is 17.2 Å². The van der Waals surface area contributed by atoms with Crippen molar-refractivity contribution in [2.75, 3.05) is 27.3 Å². The van der Waals surface area contributed by atoms with Gasteiger partial charge < -0.3 is 9.47 Å². The lowest BCUT2D eigenvalue weighted by Crippen LogP contribution is -2.32. The molecule has 0 radical (unpaired) electrons. The number of benzene rings is 2. The number of fused-ring (bicyclic) bond motifs is 1. The molecule has 0 bridgehead atoms. The molecule has 1 aliphatic heterocycles. The Morgan fingerprint density at radius 1 is 1.00 bits per heavy atom. The average molecular weight is 365 g/mol. The predicted octanol–water partition coefficient (Wildman–Crippen LogP) is 2.28. The Morgan fingerprint density at radius 2 is 1.74 bits per heavy atom. The summed E-state index contributed by atoms with van der Waals surface area (Å²) in [5.74, 6) is 1.61. The van der Waals surface area contributed by atoms with E-state index in [1.54, 1.807) is 14.2 Å². The molecule has 4 rings (SSSR count). The molecular formula is C20H23N5O2. The Balaban J connectivity index is 1.39. The van der Waals surface area contributed by atoms with Gasteiger partial charge in [-0.3, -0.25) is 4.90 Å². The third-order valence-electron chi connectivity index (χ3n) is 5.03. The van der Waals surface area contributed by atoms with Gasteiger partial charge in [0.25, 0.3) is 0 Å². The fraction of sp³-hybridized carbons (Fsp3) is 0.350. The van der Waals surface area contributed by atoms with Crippen LogP contribution in [0.4, 0.5) is 0 Å². The Labute approximate surface area is 158 Å². The molecule has 0 aliphatic carbocycles. The molecule has 0 saturated heterocycles. The van der Waals surface area contributed by atoms with Gasteiger partial charge in [-0.05, 0) is 59.0 Å². The highest BCUT2D eigenvalue weighted by Crippen LogP contribution is 2.33. The molecule has 1 aromatic heterocycles. The van der Waals surface area contributed by atoms with Crippen LogP contribution in [0.5, 0.6) is 11.5 Å². The van der Waals surface area contributed by atoms with Gasteiger partial charge in [0.15, 0.2) is 17.8 Å². The van der Waals surface area contributed by atoms with E-state index in [2.05, 4.69) is 44.6 Å². The minimum absolute atomic E-state index is 0.801. The lowest BCUT2D eigenvalue weighted by molar-refractivity contribution is 0.255. The third-order valence-corrected chi connectivity index (χ3v) is 5.03. The molecule has 0 N–H and O–H groups in total. The number of hydrogen-bond donors (Lipinski definition) is 0. The first-order valence-corrected chi connectivity index (χ1v) is 9.05. The Kier molecular flexibility index (Phi) is 5.02. The van der Waals surface area contributed by atoms with Gasteiger partial charge in [0, 0.05) is 19.6 Å². The van der Waals surface area contributed by atoms with Crippen LogP contribution in [-0.2, 0) is 19.4 Å². The van der Waals surface area contributed by atoms with Crippen molar-refractivity contribution in [1.82, 2.24) is 25.1 Å². The van der Waals surface area contributed by atoms with Gasteiger partial charge in [-0.2, -0.15) is 0 Å². The van der Waals surface area contributed by atoms with E-state index in [4.69, 9.17) is 9.47 Å². The summed E-state index contributed by atoms with van der Waals surface area (Å²) in [7, 11) is 3.37. The Morgan fingerprint density at radius 3 is 2.41 bits per heavy atom. The smallest absolute Gasteiger partial charge is 0.162 e. The van der Waals surface area contributed by atoms with Crippen LogP contribution in [0.3, 0.4) is 0 Å². The normalized spacial score (nSPS) is 14.0. The van der Waals surface area contributed by atoms with Crippen molar-refractivity contribution in [2.45, 2.75) is 19.4 Å². The van der Waals surface area contributed by atoms with Gasteiger partial charge in [0.05, 0.1) is 19.9 Å². The molecule has 27 heavy (non-hydrogen) atoms. The second-order valence-corrected chi connectivity index (χ2v) is 6.64. The molecule has 7 nitrogen and oxygen atoms in total. The van der Waals surface area contributed by atoms with Crippen molar-refractivity contribution in [3.63, 3.8) is 0 Å². The second kappa shape index (κ2) is 7.75. The van der Waals surface area contributed by atoms with Gasteiger partial charge in [0.1, 0.15) is 0 Å². The minimum Gasteiger partial charge on any atom is -0.493 e. The largest absolute Gasteiger partial charge is 0.493 e. The van der Waals surface area contributed by atoms with Gasteiger partial charge in [0.2, 0.25) is 0 Å². The summed E-state index contributed by atoms with van der Waals surface area (Å²) in [6.07, 6.45) is 3.48. The monoisotopic (exact) mass is 365 g/mol. The van der Waals surface area contributed by atoms with Crippen LogP contribution in [-0.4, -0.2) is 52.4 Å². The zero-order valence-corrected chi connectivity index (χ0v) is 15.6. The summed E-state index contributed by atoms with van der Waals surface area (Å²) in [5.41, 5.74) is 4.90. The Hall–Kier alpha value is -2.93. The summed E-state index contributed by atoms with van der Waals surface area (Å²) in [6, 6.07) is 12.5. The Bertz CT molecular complexity index is 893. The van der Waals surface area contributed by atoms with E-state index in [0.717, 1.165) is 49.7 Å². The van der Waals surface area contributed by atoms with Gasteiger partial charge in [-0.1, -0.05) is 12.1 Å². The highest BCUT2D eigenvalue weighted by molar-refractivity contribution is 5.48. The molecule has 2 aromatic carbocycles. The van der Waals surface area contributed by atoms with Crippen LogP contribution in [0.1, 0.15) is 16.7 Å². The summed E-state index contributed by atoms with van der Waals surface area (Å²) in [5, 5.41) is 11.7. The van der Waals surface area contributed by atoms with Crippen molar-refractivity contribution >= 4 is 0 Å². The minimum atomic E-state index is 0.801. The topological polar surface area (TPSA) is 65.3 Å². The molecule has 0 unspecified atom stereocenters. The quantitative estimate of drug-likeness (QED) is 0.668.